The van der Waals surface area contributed by atoms with Gasteiger partial charge in [-0.2, -0.15) is 0 Å². The highest BCUT2D eigenvalue weighted by Crippen LogP contribution is 2.30. The van der Waals surface area contributed by atoms with E-state index >= 15 is 0 Å². The second-order valence-corrected chi connectivity index (χ2v) is 6.29. The van der Waals surface area contributed by atoms with Crippen molar-refractivity contribution in [1.82, 2.24) is 4.90 Å². The molecule has 2 aromatic carbocycles. The summed E-state index contributed by atoms with van der Waals surface area (Å²) in [6.07, 6.45) is 0.859. The zero-order chi connectivity index (χ0) is 16.4. The molecule has 1 heterocycles. The van der Waals surface area contributed by atoms with Gasteiger partial charge in [-0.1, -0.05) is 49.4 Å². The number of aliphatic hydroxyl groups is 1. The van der Waals surface area contributed by atoms with E-state index in [0.717, 1.165) is 28.7 Å². The Balaban J connectivity index is 1.82. The smallest absolute Gasteiger partial charge is 0.223 e. The molecule has 1 aliphatic heterocycles. The zero-order valence-corrected chi connectivity index (χ0v) is 13.7. The van der Waals surface area contributed by atoms with Crippen LogP contribution in [-0.4, -0.2) is 15.9 Å². The number of nitrogens with zero attached hydrogens (tertiary/aromatic N) is 1. The summed E-state index contributed by atoms with van der Waals surface area (Å²) in [6.45, 7) is 5.38. The van der Waals surface area contributed by atoms with E-state index in [1.54, 1.807) is 0 Å². The van der Waals surface area contributed by atoms with Gasteiger partial charge in [-0.15, -0.1) is 0 Å². The number of hydrogen-bond donors (Lipinski definition) is 1. The van der Waals surface area contributed by atoms with Gasteiger partial charge in [-0.05, 0) is 41.2 Å². The molecule has 3 heteroatoms. The predicted octanol–water partition coefficient (Wildman–Crippen LogP) is 3.72. The monoisotopic (exact) mass is 309 g/mol. The van der Waals surface area contributed by atoms with Crippen molar-refractivity contribution in [3.8, 4) is 0 Å². The number of aliphatic hydroxyl groups excluding tert-OH is 1. The molecule has 1 atom stereocenters. The summed E-state index contributed by atoms with van der Waals surface area (Å²) in [4.78, 5) is 14.0. The van der Waals surface area contributed by atoms with Crippen molar-refractivity contribution in [2.45, 2.75) is 45.9 Å². The van der Waals surface area contributed by atoms with Crippen LogP contribution in [-0.2, 0) is 17.9 Å². The maximum Gasteiger partial charge on any atom is 0.223 e. The minimum Gasteiger partial charge on any atom is -0.384 e. The molecule has 0 bridgehead atoms. The second kappa shape index (κ2) is 6.55. The van der Waals surface area contributed by atoms with Crippen molar-refractivity contribution in [2.75, 3.05) is 0 Å². The zero-order valence-electron chi connectivity index (χ0n) is 13.7. The van der Waals surface area contributed by atoms with Crippen LogP contribution in [0.5, 0.6) is 0 Å². The number of carbonyl (C=O) groups is 1. The quantitative estimate of drug-likeness (QED) is 0.935. The fourth-order valence-electron chi connectivity index (χ4n) is 3.21. The molecule has 0 fully saturated rings. The number of benzene rings is 2. The molecule has 0 saturated heterocycles. The van der Waals surface area contributed by atoms with E-state index in [4.69, 9.17) is 0 Å². The van der Waals surface area contributed by atoms with Crippen molar-refractivity contribution in [3.63, 3.8) is 0 Å². The van der Waals surface area contributed by atoms with Crippen LogP contribution >= 0.6 is 0 Å². The van der Waals surface area contributed by atoms with Crippen LogP contribution in [0.25, 0.3) is 0 Å². The number of aryl methyl sites for hydroxylation is 1. The molecule has 1 unspecified atom stereocenters. The Kier molecular flexibility index (Phi) is 4.49. The van der Waals surface area contributed by atoms with Crippen LogP contribution in [0, 0.1) is 6.92 Å². The van der Waals surface area contributed by atoms with E-state index in [9.17, 15) is 9.90 Å². The molecular formula is C20H23NO2. The first-order chi connectivity index (χ1) is 11.1. The van der Waals surface area contributed by atoms with E-state index in [2.05, 4.69) is 0 Å². The lowest BCUT2D eigenvalue weighted by molar-refractivity contribution is -0.131. The van der Waals surface area contributed by atoms with E-state index in [1.165, 1.54) is 5.56 Å². The number of fused-ring (bicyclic) bond motifs is 1. The highest BCUT2D eigenvalue weighted by atomic mass is 16.3. The minimum atomic E-state index is -0.623. The topological polar surface area (TPSA) is 40.5 Å². The highest BCUT2D eigenvalue weighted by molar-refractivity contribution is 5.76. The largest absolute Gasteiger partial charge is 0.384 e. The van der Waals surface area contributed by atoms with E-state index < -0.39 is 6.10 Å². The lowest BCUT2D eigenvalue weighted by Gasteiger charge is -2.15. The molecule has 2 aromatic rings. The molecule has 23 heavy (non-hydrogen) atoms. The molecule has 1 aliphatic rings. The lowest BCUT2D eigenvalue weighted by Crippen LogP contribution is -2.24. The number of amides is 1. The van der Waals surface area contributed by atoms with Crippen LogP contribution in [0.2, 0.25) is 0 Å². The fraction of sp³-hybridized carbons (Fsp3) is 0.350. The third-order valence-corrected chi connectivity index (χ3v) is 4.57. The van der Waals surface area contributed by atoms with Gasteiger partial charge in [0.1, 0.15) is 6.10 Å². The number of rotatable bonds is 4. The van der Waals surface area contributed by atoms with E-state index in [-0.39, 0.29) is 5.91 Å². The van der Waals surface area contributed by atoms with Crippen LogP contribution in [0.3, 0.4) is 0 Å². The first-order valence-electron chi connectivity index (χ1n) is 8.23. The van der Waals surface area contributed by atoms with Crippen LogP contribution in [0.1, 0.15) is 53.7 Å². The number of hydrogen-bond acceptors (Lipinski definition) is 2. The maximum atomic E-state index is 12.1. The molecule has 0 aliphatic carbocycles. The molecule has 3 rings (SSSR count). The highest BCUT2D eigenvalue weighted by Gasteiger charge is 2.24. The van der Waals surface area contributed by atoms with Crippen LogP contribution in [0.15, 0.2) is 42.5 Å². The van der Waals surface area contributed by atoms with Gasteiger partial charge in [-0.25, -0.2) is 0 Å². The third-order valence-electron chi connectivity index (χ3n) is 4.57. The second-order valence-electron chi connectivity index (χ2n) is 6.29. The summed E-state index contributed by atoms with van der Waals surface area (Å²) in [6, 6.07) is 14.0. The first-order valence-corrected chi connectivity index (χ1v) is 8.23. The van der Waals surface area contributed by atoms with Gasteiger partial charge in [0.05, 0.1) is 0 Å². The summed E-state index contributed by atoms with van der Waals surface area (Å²) in [5.41, 5.74) is 5.25. The summed E-state index contributed by atoms with van der Waals surface area (Å²) >= 11 is 0. The summed E-state index contributed by atoms with van der Waals surface area (Å²) < 4.78 is 0. The van der Waals surface area contributed by atoms with Crippen molar-refractivity contribution >= 4 is 5.91 Å². The Morgan fingerprint density at radius 3 is 2.65 bits per heavy atom. The van der Waals surface area contributed by atoms with Crippen LogP contribution < -0.4 is 0 Å². The lowest BCUT2D eigenvalue weighted by atomic mass is 9.95. The van der Waals surface area contributed by atoms with Gasteiger partial charge >= 0.3 is 0 Å². The number of carbonyl (C=O) groups excluding carboxylic acids is 1. The maximum absolute atomic E-state index is 12.1. The Labute approximate surface area is 137 Å². The van der Waals surface area contributed by atoms with Gasteiger partial charge in [0.15, 0.2) is 0 Å². The standard InChI is InChI=1S/C20H23NO2/c1-3-6-19(22)21-12-16-10-9-15(11-17(16)13-21)20(23)18-8-5-4-7-14(18)2/h4-5,7-11,20,23H,3,6,12-13H2,1-2H3. The molecule has 0 saturated carbocycles. The van der Waals surface area contributed by atoms with Gasteiger partial charge in [-0.3, -0.25) is 4.79 Å². The van der Waals surface area contributed by atoms with Gasteiger partial charge < -0.3 is 10.0 Å². The van der Waals surface area contributed by atoms with Gasteiger partial charge in [0, 0.05) is 19.5 Å². The van der Waals surface area contributed by atoms with Crippen molar-refractivity contribution in [2.24, 2.45) is 0 Å². The summed E-state index contributed by atoms with van der Waals surface area (Å²) in [7, 11) is 0. The summed E-state index contributed by atoms with van der Waals surface area (Å²) in [5, 5.41) is 10.7. The van der Waals surface area contributed by atoms with Crippen molar-refractivity contribution in [1.29, 1.82) is 0 Å². The molecule has 120 valence electrons. The van der Waals surface area contributed by atoms with Gasteiger partial charge in [0.2, 0.25) is 5.91 Å². The van der Waals surface area contributed by atoms with Crippen LogP contribution in [0.4, 0.5) is 0 Å². The Bertz CT molecular complexity index is 723. The Hall–Kier alpha value is -2.13. The molecule has 0 radical (unpaired) electrons. The fourth-order valence-corrected chi connectivity index (χ4v) is 3.21. The molecule has 0 aromatic heterocycles. The molecule has 1 amide bonds. The predicted molar refractivity (Wildman–Crippen MR) is 90.8 cm³/mol. The minimum absolute atomic E-state index is 0.213. The molecule has 0 spiro atoms. The summed E-state index contributed by atoms with van der Waals surface area (Å²) in [5.74, 6) is 0.213. The third kappa shape index (κ3) is 3.15. The normalized spacial score (nSPS) is 14.7. The molecular weight excluding hydrogens is 286 g/mol. The average molecular weight is 309 g/mol. The Morgan fingerprint density at radius 1 is 1.17 bits per heavy atom. The van der Waals surface area contributed by atoms with Gasteiger partial charge in [0.25, 0.3) is 0 Å². The SMILES string of the molecule is CCCC(=O)N1Cc2ccc(C(O)c3ccccc3C)cc2C1. The average Bonchev–Trinajstić information content (AvgIpc) is 2.98. The molecule has 3 nitrogen and oxygen atoms in total. The van der Waals surface area contributed by atoms with Crippen molar-refractivity contribution in [3.05, 3.63) is 70.3 Å². The van der Waals surface area contributed by atoms with E-state index in [0.29, 0.717) is 19.5 Å². The van der Waals surface area contributed by atoms with E-state index in [1.807, 2.05) is 61.2 Å². The Morgan fingerprint density at radius 2 is 1.91 bits per heavy atom. The van der Waals surface area contributed by atoms with Crippen molar-refractivity contribution < 1.29 is 9.90 Å². The first kappa shape index (κ1) is 15.8. The molecule has 1 N–H and O–H groups in total.